The van der Waals surface area contributed by atoms with E-state index in [1.54, 1.807) is 0 Å². The summed E-state index contributed by atoms with van der Waals surface area (Å²) in [6.07, 6.45) is 3.42. The standard InChI is InChI=1S/C16H20BrN3O/c1-4-6-12-15(18-5-2)19-10-20-16(12)21-14-8-7-11(3)9-13(14)17/h7-10H,4-6H2,1-3H3,(H,18,19,20). The summed E-state index contributed by atoms with van der Waals surface area (Å²) >= 11 is 3.53. The molecule has 0 fully saturated rings. The fraction of sp³-hybridized carbons (Fsp3) is 0.375. The van der Waals surface area contributed by atoms with E-state index in [1.165, 1.54) is 11.9 Å². The molecule has 0 saturated heterocycles. The number of ether oxygens (including phenoxy) is 1. The predicted octanol–water partition coefficient (Wildman–Crippen LogP) is 4.72. The first kappa shape index (κ1) is 15.8. The number of halogens is 1. The highest BCUT2D eigenvalue weighted by Crippen LogP contribution is 2.33. The Kier molecular flexibility index (Phi) is 5.56. The predicted molar refractivity (Wildman–Crippen MR) is 89.1 cm³/mol. The molecule has 1 aromatic heterocycles. The lowest BCUT2D eigenvalue weighted by Gasteiger charge is -2.14. The summed E-state index contributed by atoms with van der Waals surface area (Å²) < 4.78 is 6.92. The molecule has 0 atom stereocenters. The number of hydrogen-bond donors (Lipinski definition) is 1. The van der Waals surface area contributed by atoms with Gasteiger partial charge in [0.2, 0.25) is 5.88 Å². The molecule has 0 aliphatic heterocycles. The van der Waals surface area contributed by atoms with Gasteiger partial charge >= 0.3 is 0 Å². The summed E-state index contributed by atoms with van der Waals surface area (Å²) in [4.78, 5) is 8.62. The molecule has 0 spiro atoms. The molecule has 0 bridgehead atoms. The van der Waals surface area contributed by atoms with Crippen molar-refractivity contribution in [1.82, 2.24) is 9.97 Å². The molecule has 21 heavy (non-hydrogen) atoms. The van der Waals surface area contributed by atoms with Crippen LogP contribution in [-0.4, -0.2) is 16.5 Å². The topological polar surface area (TPSA) is 47.0 Å². The third kappa shape index (κ3) is 3.94. The van der Waals surface area contributed by atoms with Crippen molar-refractivity contribution in [3.63, 3.8) is 0 Å². The maximum atomic E-state index is 6.00. The van der Waals surface area contributed by atoms with Crippen LogP contribution in [0, 0.1) is 6.92 Å². The minimum absolute atomic E-state index is 0.618. The average molecular weight is 350 g/mol. The summed E-state index contributed by atoms with van der Waals surface area (Å²) in [5.41, 5.74) is 2.20. The van der Waals surface area contributed by atoms with Gasteiger partial charge in [0, 0.05) is 6.54 Å². The summed E-state index contributed by atoms with van der Waals surface area (Å²) in [5, 5.41) is 3.27. The molecule has 0 amide bonds. The van der Waals surface area contributed by atoms with Gasteiger partial charge in [-0.15, -0.1) is 0 Å². The zero-order chi connectivity index (χ0) is 15.2. The van der Waals surface area contributed by atoms with Crippen LogP contribution in [0.2, 0.25) is 0 Å². The molecule has 2 aromatic rings. The van der Waals surface area contributed by atoms with E-state index in [1.807, 2.05) is 25.1 Å². The second-order valence-electron chi connectivity index (χ2n) is 4.82. The van der Waals surface area contributed by atoms with E-state index in [0.29, 0.717) is 5.88 Å². The Balaban J connectivity index is 2.36. The zero-order valence-corrected chi connectivity index (χ0v) is 14.2. The largest absolute Gasteiger partial charge is 0.437 e. The quantitative estimate of drug-likeness (QED) is 0.819. The van der Waals surface area contributed by atoms with Crippen molar-refractivity contribution in [2.75, 3.05) is 11.9 Å². The van der Waals surface area contributed by atoms with Crippen LogP contribution in [-0.2, 0) is 6.42 Å². The first-order valence-corrected chi connectivity index (χ1v) is 7.96. The van der Waals surface area contributed by atoms with Crippen LogP contribution in [0.5, 0.6) is 11.6 Å². The van der Waals surface area contributed by atoms with E-state index in [0.717, 1.165) is 41.0 Å². The van der Waals surface area contributed by atoms with Crippen molar-refractivity contribution in [3.05, 3.63) is 40.1 Å². The van der Waals surface area contributed by atoms with Gasteiger partial charge in [-0.05, 0) is 53.9 Å². The summed E-state index contributed by atoms with van der Waals surface area (Å²) in [6, 6.07) is 6.00. The Bertz CT molecular complexity index is 616. The Morgan fingerprint density at radius 1 is 1.24 bits per heavy atom. The number of nitrogens with one attached hydrogen (secondary N) is 1. The first-order valence-electron chi connectivity index (χ1n) is 7.17. The van der Waals surface area contributed by atoms with E-state index < -0.39 is 0 Å². The fourth-order valence-corrected chi connectivity index (χ4v) is 2.65. The first-order chi connectivity index (χ1) is 10.2. The van der Waals surface area contributed by atoms with E-state index in [9.17, 15) is 0 Å². The smallest absolute Gasteiger partial charge is 0.227 e. The monoisotopic (exact) mass is 349 g/mol. The second-order valence-corrected chi connectivity index (χ2v) is 5.68. The van der Waals surface area contributed by atoms with Crippen molar-refractivity contribution in [3.8, 4) is 11.6 Å². The van der Waals surface area contributed by atoms with Gasteiger partial charge in [0.25, 0.3) is 0 Å². The number of nitrogens with zero attached hydrogens (tertiary/aromatic N) is 2. The molecule has 0 aliphatic carbocycles. The van der Waals surface area contributed by atoms with Gasteiger partial charge in [0.05, 0.1) is 10.0 Å². The normalized spacial score (nSPS) is 10.5. The van der Waals surface area contributed by atoms with Crippen molar-refractivity contribution in [2.45, 2.75) is 33.6 Å². The Labute approximate surface area is 134 Å². The molecule has 0 aliphatic rings. The van der Waals surface area contributed by atoms with E-state index in [-0.39, 0.29) is 0 Å². The van der Waals surface area contributed by atoms with Gasteiger partial charge in [-0.3, -0.25) is 0 Å². The molecular formula is C16H20BrN3O. The summed E-state index contributed by atoms with van der Waals surface area (Å²) in [5.74, 6) is 2.24. The minimum atomic E-state index is 0.618. The van der Waals surface area contributed by atoms with Gasteiger partial charge in [0.1, 0.15) is 17.9 Å². The highest BCUT2D eigenvalue weighted by atomic mass is 79.9. The maximum Gasteiger partial charge on any atom is 0.227 e. The van der Waals surface area contributed by atoms with Crippen molar-refractivity contribution in [1.29, 1.82) is 0 Å². The molecule has 0 unspecified atom stereocenters. The number of aromatic nitrogens is 2. The third-order valence-corrected chi connectivity index (χ3v) is 3.66. The van der Waals surface area contributed by atoms with Gasteiger partial charge < -0.3 is 10.1 Å². The molecule has 1 heterocycles. The van der Waals surface area contributed by atoms with Gasteiger partial charge in [-0.2, -0.15) is 0 Å². The molecular weight excluding hydrogens is 330 g/mol. The summed E-state index contributed by atoms with van der Waals surface area (Å²) in [6.45, 7) is 7.05. The molecule has 1 N–H and O–H groups in total. The van der Waals surface area contributed by atoms with E-state index in [2.05, 4.69) is 45.1 Å². The number of aryl methyl sites for hydroxylation is 1. The molecule has 2 rings (SSSR count). The Hall–Kier alpha value is -1.62. The van der Waals surface area contributed by atoms with Gasteiger partial charge in [-0.25, -0.2) is 9.97 Å². The van der Waals surface area contributed by atoms with Crippen molar-refractivity contribution >= 4 is 21.7 Å². The minimum Gasteiger partial charge on any atom is -0.437 e. The lowest BCUT2D eigenvalue weighted by molar-refractivity contribution is 0.451. The van der Waals surface area contributed by atoms with Crippen LogP contribution in [0.15, 0.2) is 29.0 Å². The molecule has 1 aromatic carbocycles. The molecule has 0 saturated carbocycles. The van der Waals surface area contributed by atoms with Gasteiger partial charge in [-0.1, -0.05) is 19.4 Å². The third-order valence-electron chi connectivity index (χ3n) is 3.04. The average Bonchev–Trinajstić information content (AvgIpc) is 2.45. The number of hydrogen-bond acceptors (Lipinski definition) is 4. The SMILES string of the molecule is CCCc1c(NCC)ncnc1Oc1ccc(C)cc1Br. The van der Waals surface area contributed by atoms with Crippen molar-refractivity contribution in [2.24, 2.45) is 0 Å². The number of rotatable bonds is 6. The highest BCUT2D eigenvalue weighted by molar-refractivity contribution is 9.10. The van der Waals surface area contributed by atoms with Crippen LogP contribution < -0.4 is 10.1 Å². The maximum absolute atomic E-state index is 6.00. The van der Waals surface area contributed by atoms with E-state index in [4.69, 9.17) is 4.74 Å². The number of anilines is 1. The second kappa shape index (κ2) is 7.41. The number of benzene rings is 1. The van der Waals surface area contributed by atoms with Crippen molar-refractivity contribution < 1.29 is 4.74 Å². The van der Waals surface area contributed by atoms with Crippen LogP contribution in [0.4, 0.5) is 5.82 Å². The molecule has 112 valence electrons. The lowest BCUT2D eigenvalue weighted by Crippen LogP contribution is -2.06. The fourth-order valence-electron chi connectivity index (χ4n) is 2.07. The molecule has 0 radical (unpaired) electrons. The van der Waals surface area contributed by atoms with Crippen LogP contribution in [0.3, 0.4) is 0 Å². The molecule has 5 heteroatoms. The van der Waals surface area contributed by atoms with Crippen LogP contribution in [0.25, 0.3) is 0 Å². The van der Waals surface area contributed by atoms with E-state index >= 15 is 0 Å². The summed E-state index contributed by atoms with van der Waals surface area (Å²) in [7, 11) is 0. The van der Waals surface area contributed by atoms with Crippen LogP contribution >= 0.6 is 15.9 Å². The Morgan fingerprint density at radius 2 is 2.05 bits per heavy atom. The Morgan fingerprint density at radius 3 is 2.71 bits per heavy atom. The van der Waals surface area contributed by atoms with Crippen LogP contribution in [0.1, 0.15) is 31.4 Å². The molecule has 4 nitrogen and oxygen atoms in total. The lowest BCUT2D eigenvalue weighted by atomic mass is 10.1. The highest BCUT2D eigenvalue weighted by Gasteiger charge is 2.13. The zero-order valence-electron chi connectivity index (χ0n) is 12.6. The van der Waals surface area contributed by atoms with Gasteiger partial charge in [0.15, 0.2) is 0 Å².